The maximum Gasteiger partial charge on any atom is 0.257 e. The molecule has 2 saturated heterocycles. The maximum atomic E-state index is 13.0. The predicted molar refractivity (Wildman–Crippen MR) is 123 cm³/mol. The number of piperidine rings is 1. The van der Waals surface area contributed by atoms with E-state index in [-0.39, 0.29) is 16.7 Å². The molecule has 4 heterocycles. The van der Waals surface area contributed by atoms with Crippen LogP contribution in [-0.4, -0.2) is 59.3 Å². The number of nitrogens with zero attached hydrogens (tertiary/aromatic N) is 4. The third-order valence-electron chi connectivity index (χ3n) is 6.55. The Morgan fingerprint density at radius 2 is 1.69 bits per heavy atom. The Bertz CT molecular complexity index is 1240. The van der Waals surface area contributed by atoms with Gasteiger partial charge in [-0.05, 0) is 73.6 Å². The van der Waals surface area contributed by atoms with Crippen LogP contribution in [0, 0.1) is 0 Å². The molecule has 5 rings (SSSR count). The highest BCUT2D eigenvalue weighted by atomic mass is 35.5. The standard InChI is InChI=1S/C23H25ClN4O3S/c24-19-3-5-20(6-4-19)32(30,31)27-12-7-17(8-13-27)18-9-14-28-22(15-18)21(16-25-28)23(29)26-10-1-2-11-26/h3-6,9,14-17H,1-2,7-8,10-13H2. The van der Waals surface area contributed by atoms with Gasteiger partial charge in [0.2, 0.25) is 10.0 Å². The summed E-state index contributed by atoms with van der Waals surface area (Å²) in [6.45, 7) is 2.52. The Hall–Kier alpha value is -2.42. The lowest BCUT2D eigenvalue weighted by Crippen LogP contribution is -2.37. The van der Waals surface area contributed by atoms with Crippen molar-refractivity contribution in [3.05, 3.63) is 64.9 Å². The molecule has 2 fully saturated rings. The number of amides is 1. The lowest BCUT2D eigenvalue weighted by molar-refractivity contribution is 0.0794. The van der Waals surface area contributed by atoms with Crippen molar-refractivity contribution in [2.45, 2.75) is 36.5 Å². The highest BCUT2D eigenvalue weighted by molar-refractivity contribution is 7.89. The summed E-state index contributed by atoms with van der Waals surface area (Å²) in [5.41, 5.74) is 2.57. The van der Waals surface area contributed by atoms with Crippen molar-refractivity contribution in [3.8, 4) is 0 Å². The van der Waals surface area contributed by atoms with Gasteiger partial charge in [-0.2, -0.15) is 9.40 Å². The highest BCUT2D eigenvalue weighted by Crippen LogP contribution is 2.32. The Balaban J connectivity index is 1.33. The first kappa shape index (κ1) is 21.4. The van der Waals surface area contributed by atoms with Gasteiger partial charge >= 0.3 is 0 Å². The minimum Gasteiger partial charge on any atom is -0.339 e. The average Bonchev–Trinajstić information content (AvgIpc) is 3.49. The third-order valence-corrected chi connectivity index (χ3v) is 8.71. The van der Waals surface area contributed by atoms with E-state index in [1.165, 1.54) is 0 Å². The molecule has 1 aromatic carbocycles. The SMILES string of the molecule is O=C(c1cnn2ccc(C3CCN(S(=O)(=O)c4ccc(Cl)cc4)CC3)cc12)N1CCCC1. The van der Waals surface area contributed by atoms with Gasteiger partial charge in [0.1, 0.15) is 0 Å². The quantitative estimate of drug-likeness (QED) is 0.579. The smallest absolute Gasteiger partial charge is 0.257 e. The third kappa shape index (κ3) is 3.91. The molecule has 0 bridgehead atoms. The predicted octanol–water partition coefficient (Wildman–Crippen LogP) is 3.79. The number of benzene rings is 1. The van der Waals surface area contributed by atoms with Gasteiger partial charge in [-0.15, -0.1) is 0 Å². The van der Waals surface area contributed by atoms with Crippen LogP contribution in [0.25, 0.3) is 5.52 Å². The van der Waals surface area contributed by atoms with Crippen molar-refractivity contribution >= 4 is 33.0 Å². The Morgan fingerprint density at radius 1 is 1.00 bits per heavy atom. The number of pyridine rings is 1. The lowest BCUT2D eigenvalue weighted by atomic mass is 9.90. The topological polar surface area (TPSA) is 75.0 Å². The molecule has 2 aromatic heterocycles. The number of hydrogen-bond donors (Lipinski definition) is 0. The fraction of sp³-hybridized carbons (Fsp3) is 0.391. The first-order valence-corrected chi connectivity index (χ1v) is 12.8. The summed E-state index contributed by atoms with van der Waals surface area (Å²) >= 11 is 5.90. The summed E-state index contributed by atoms with van der Waals surface area (Å²) in [5, 5.41) is 4.87. The van der Waals surface area contributed by atoms with Crippen LogP contribution in [0.2, 0.25) is 5.02 Å². The van der Waals surface area contributed by atoms with Crippen molar-refractivity contribution in [3.63, 3.8) is 0 Å². The van der Waals surface area contributed by atoms with Gasteiger partial charge in [-0.1, -0.05) is 11.6 Å². The van der Waals surface area contributed by atoms with Gasteiger partial charge in [0, 0.05) is 37.4 Å². The number of sulfonamides is 1. The van der Waals surface area contributed by atoms with E-state index < -0.39 is 10.0 Å². The Morgan fingerprint density at radius 3 is 2.38 bits per heavy atom. The number of rotatable bonds is 4. The van der Waals surface area contributed by atoms with Gasteiger partial charge in [0.25, 0.3) is 5.91 Å². The first-order valence-electron chi connectivity index (χ1n) is 11.0. The molecule has 32 heavy (non-hydrogen) atoms. The van der Waals surface area contributed by atoms with Crippen LogP contribution in [0.1, 0.15) is 47.5 Å². The van der Waals surface area contributed by atoms with Crippen LogP contribution in [0.4, 0.5) is 0 Å². The van der Waals surface area contributed by atoms with Crippen molar-refractivity contribution in [2.75, 3.05) is 26.2 Å². The van der Waals surface area contributed by atoms with Gasteiger partial charge in [-0.3, -0.25) is 4.79 Å². The molecule has 168 valence electrons. The summed E-state index contributed by atoms with van der Waals surface area (Å²) in [6, 6.07) is 10.4. The minimum atomic E-state index is -3.53. The highest BCUT2D eigenvalue weighted by Gasteiger charge is 2.30. The van der Waals surface area contributed by atoms with Crippen molar-refractivity contribution in [2.24, 2.45) is 0 Å². The van der Waals surface area contributed by atoms with E-state index in [0.717, 1.165) is 49.9 Å². The number of hydrogen-bond acceptors (Lipinski definition) is 4. The van der Waals surface area contributed by atoms with Crippen LogP contribution in [-0.2, 0) is 10.0 Å². The zero-order valence-electron chi connectivity index (χ0n) is 17.7. The number of carbonyl (C=O) groups excluding carboxylic acids is 1. The summed E-state index contributed by atoms with van der Waals surface area (Å²) < 4.78 is 29.2. The van der Waals surface area contributed by atoms with Crippen LogP contribution < -0.4 is 0 Å². The van der Waals surface area contributed by atoms with Crippen LogP contribution >= 0.6 is 11.6 Å². The number of halogens is 1. The largest absolute Gasteiger partial charge is 0.339 e. The van der Waals surface area contributed by atoms with E-state index >= 15 is 0 Å². The molecule has 0 atom stereocenters. The van der Waals surface area contributed by atoms with Crippen LogP contribution in [0.3, 0.4) is 0 Å². The van der Waals surface area contributed by atoms with Crippen molar-refractivity contribution in [1.29, 1.82) is 0 Å². The lowest BCUT2D eigenvalue weighted by Gasteiger charge is -2.31. The monoisotopic (exact) mass is 472 g/mol. The molecule has 1 amide bonds. The molecule has 3 aromatic rings. The zero-order valence-corrected chi connectivity index (χ0v) is 19.2. The summed E-state index contributed by atoms with van der Waals surface area (Å²) in [7, 11) is -3.53. The van der Waals surface area contributed by atoms with E-state index in [2.05, 4.69) is 5.10 Å². The fourth-order valence-corrected chi connectivity index (χ4v) is 6.29. The molecular weight excluding hydrogens is 448 g/mol. The molecule has 2 aliphatic heterocycles. The second-order valence-electron chi connectivity index (χ2n) is 8.48. The normalized spacial score (nSPS) is 18.5. The average molecular weight is 473 g/mol. The molecule has 0 aliphatic carbocycles. The molecule has 2 aliphatic rings. The number of likely N-dealkylation sites (tertiary alicyclic amines) is 1. The second-order valence-corrected chi connectivity index (χ2v) is 10.9. The Labute approximate surface area is 192 Å². The molecule has 7 nitrogen and oxygen atoms in total. The minimum absolute atomic E-state index is 0.0403. The number of fused-ring (bicyclic) bond motifs is 1. The molecule has 0 N–H and O–H groups in total. The summed E-state index contributed by atoms with van der Waals surface area (Å²) in [5.74, 6) is 0.278. The van der Waals surface area contributed by atoms with E-state index in [1.54, 1.807) is 39.3 Å². The molecule has 0 saturated carbocycles. The maximum absolute atomic E-state index is 13.0. The van der Waals surface area contributed by atoms with Gasteiger partial charge < -0.3 is 4.90 Å². The van der Waals surface area contributed by atoms with E-state index in [0.29, 0.717) is 23.7 Å². The van der Waals surface area contributed by atoms with E-state index in [1.807, 2.05) is 23.2 Å². The molecule has 9 heteroatoms. The van der Waals surface area contributed by atoms with E-state index in [9.17, 15) is 13.2 Å². The molecular formula is C23H25ClN4O3S. The first-order chi connectivity index (χ1) is 15.4. The van der Waals surface area contributed by atoms with E-state index in [4.69, 9.17) is 11.6 Å². The van der Waals surface area contributed by atoms with Gasteiger partial charge in [-0.25, -0.2) is 12.9 Å². The molecule has 0 unspecified atom stereocenters. The number of carbonyl (C=O) groups is 1. The van der Waals surface area contributed by atoms with Crippen LogP contribution in [0.5, 0.6) is 0 Å². The van der Waals surface area contributed by atoms with Crippen molar-refractivity contribution in [1.82, 2.24) is 18.8 Å². The summed E-state index contributed by atoms with van der Waals surface area (Å²) in [4.78, 5) is 15.1. The molecule has 0 radical (unpaired) electrons. The van der Waals surface area contributed by atoms with Crippen molar-refractivity contribution < 1.29 is 13.2 Å². The fourth-order valence-electron chi connectivity index (χ4n) is 4.69. The number of aromatic nitrogens is 2. The molecule has 0 spiro atoms. The van der Waals surface area contributed by atoms with Gasteiger partial charge in [0.15, 0.2) is 0 Å². The van der Waals surface area contributed by atoms with Crippen LogP contribution in [0.15, 0.2) is 53.7 Å². The Kier molecular flexibility index (Phi) is 5.69. The van der Waals surface area contributed by atoms with Gasteiger partial charge in [0.05, 0.1) is 22.2 Å². The zero-order chi connectivity index (χ0) is 22.3. The second kappa shape index (κ2) is 8.50. The summed E-state index contributed by atoms with van der Waals surface area (Å²) in [6.07, 6.45) is 7.10.